The van der Waals surface area contributed by atoms with Gasteiger partial charge in [0.1, 0.15) is 5.69 Å². The summed E-state index contributed by atoms with van der Waals surface area (Å²) >= 11 is 1.90. The van der Waals surface area contributed by atoms with Crippen molar-refractivity contribution in [2.24, 2.45) is 5.11 Å². The summed E-state index contributed by atoms with van der Waals surface area (Å²) in [5.41, 5.74) is 8.95. The van der Waals surface area contributed by atoms with Crippen LogP contribution in [0.5, 0.6) is 0 Å². The summed E-state index contributed by atoms with van der Waals surface area (Å²) in [4.78, 5) is 39.1. The molecule has 14 heteroatoms. The Kier molecular flexibility index (Phi) is 11.1. The van der Waals surface area contributed by atoms with Crippen LogP contribution in [0.1, 0.15) is 38.5 Å². The second kappa shape index (κ2) is 14.5. The summed E-state index contributed by atoms with van der Waals surface area (Å²) in [6.07, 6.45) is 4.99. The molecule has 2 aliphatic heterocycles. The van der Waals surface area contributed by atoms with Crippen LogP contribution < -0.4 is 21.3 Å². The number of thioether (sulfide) groups is 1. The fraction of sp³-hybridized carbons (Fsp3) is 0.652. The molecule has 2 heterocycles. The molecule has 1 aromatic rings. The Hall–Kier alpha value is -3.22. The number of nitro benzene ring substituents is 1. The highest BCUT2D eigenvalue weighted by molar-refractivity contribution is 8.00. The van der Waals surface area contributed by atoms with Crippen molar-refractivity contribution in [2.75, 3.05) is 44.3 Å². The predicted molar refractivity (Wildman–Crippen MR) is 144 cm³/mol. The topological polar surface area (TPSA) is 177 Å². The fourth-order valence-corrected chi connectivity index (χ4v) is 6.10. The van der Waals surface area contributed by atoms with Gasteiger partial charge >= 0.3 is 6.03 Å². The molecule has 13 nitrogen and oxygen atoms in total. The van der Waals surface area contributed by atoms with Crippen LogP contribution in [0.3, 0.4) is 0 Å². The Balaban J connectivity index is 1.20. The van der Waals surface area contributed by atoms with E-state index in [1.165, 1.54) is 12.1 Å². The molecular formula is C23H35N9O4S. The second-order valence-corrected chi connectivity index (χ2v) is 10.6. The monoisotopic (exact) mass is 533 g/mol. The molecule has 2 fully saturated rings. The molecule has 3 atom stereocenters. The number of nitro groups is 1. The van der Waals surface area contributed by atoms with E-state index in [4.69, 9.17) is 5.53 Å². The lowest BCUT2D eigenvalue weighted by atomic mass is 10.0. The van der Waals surface area contributed by atoms with E-state index in [2.05, 4.69) is 36.2 Å². The maximum atomic E-state index is 12.1. The third kappa shape index (κ3) is 8.99. The van der Waals surface area contributed by atoms with Gasteiger partial charge in [-0.25, -0.2) is 4.79 Å². The summed E-state index contributed by atoms with van der Waals surface area (Å²) < 4.78 is 0. The number of hydrogen-bond donors (Lipinski definition) is 4. The number of amides is 3. The second-order valence-electron chi connectivity index (χ2n) is 9.30. The van der Waals surface area contributed by atoms with Crippen LogP contribution >= 0.6 is 11.8 Å². The zero-order valence-corrected chi connectivity index (χ0v) is 21.8. The molecule has 0 radical (unpaired) electrons. The first-order valence-electron chi connectivity index (χ1n) is 12.6. The van der Waals surface area contributed by atoms with Crippen LogP contribution in [-0.4, -0.2) is 78.1 Å². The third-order valence-electron chi connectivity index (χ3n) is 6.49. The standard InChI is InChI=1S/C23H35N9O4S/c1-31(12-4-10-25-17-9-8-16(29-30-24)14-19(17)32(35)36)13-5-11-26-21(33)7-3-2-6-20-22-18(15-37-20)27-23(34)28-22/h8-9,14,18,20,22,25H,2-7,10-13,15H2,1H3,(H,26,33)(H2,27,28,34)/t18?,20-,22?/m0/s1. The van der Waals surface area contributed by atoms with Crippen molar-refractivity contribution in [2.45, 2.75) is 55.9 Å². The van der Waals surface area contributed by atoms with Crippen molar-refractivity contribution in [1.82, 2.24) is 20.9 Å². The first kappa shape index (κ1) is 28.4. The lowest BCUT2D eigenvalue weighted by molar-refractivity contribution is -0.383. The number of anilines is 1. The highest BCUT2D eigenvalue weighted by Crippen LogP contribution is 2.33. The molecule has 4 N–H and O–H groups in total. The highest BCUT2D eigenvalue weighted by Gasteiger charge is 2.42. The molecular weight excluding hydrogens is 498 g/mol. The maximum Gasteiger partial charge on any atom is 0.315 e. The molecule has 0 spiro atoms. The fourth-order valence-electron chi connectivity index (χ4n) is 4.56. The minimum atomic E-state index is -0.503. The summed E-state index contributed by atoms with van der Waals surface area (Å²) in [6.45, 7) is 2.84. The summed E-state index contributed by atoms with van der Waals surface area (Å²) in [6, 6.07) is 4.72. The van der Waals surface area contributed by atoms with E-state index in [9.17, 15) is 19.7 Å². The van der Waals surface area contributed by atoms with Crippen molar-refractivity contribution < 1.29 is 14.5 Å². The Morgan fingerprint density at radius 2 is 2.05 bits per heavy atom. The number of fused-ring (bicyclic) bond motifs is 1. The van der Waals surface area contributed by atoms with Crippen LogP contribution in [0.4, 0.5) is 21.9 Å². The zero-order chi connectivity index (χ0) is 26.6. The number of nitrogens with one attached hydrogen (secondary N) is 4. The Morgan fingerprint density at radius 1 is 1.27 bits per heavy atom. The van der Waals surface area contributed by atoms with Crippen molar-refractivity contribution in [1.29, 1.82) is 0 Å². The Morgan fingerprint density at radius 3 is 2.81 bits per heavy atom. The van der Waals surface area contributed by atoms with E-state index >= 15 is 0 Å². The number of hydrogen-bond acceptors (Lipinski definition) is 8. The summed E-state index contributed by atoms with van der Waals surface area (Å²) in [5.74, 6) is 1.03. The number of benzene rings is 1. The minimum Gasteiger partial charge on any atom is -0.379 e. The minimum absolute atomic E-state index is 0.0662. The van der Waals surface area contributed by atoms with E-state index < -0.39 is 4.92 Å². The lowest BCUT2D eigenvalue weighted by Gasteiger charge is -2.17. The van der Waals surface area contributed by atoms with Crippen LogP contribution in [0.15, 0.2) is 23.3 Å². The van der Waals surface area contributed by atoms with Crippen LogP contribution in [0, 0.1) is 10.1 Å². The average molecular weight is 534 g/mol. The molecule has 2 saturated heterocycles. The number of carbonyl (C=O) groups is 2. The first-order chi connectivity index (χ1) is 17.9. The molecule has 0 bridgehead atoms. The van der Waals surface area contributed by atoms with E-state index in [1.54, 1.807) is 6.07 Å². The van der Waals surface area contributed by atoms with Gasteiger partial charge in [-0.1, -0.05) is 17.6 Å². The largest absolute Gasteiger partial charge is 0.379 e. The maximum absolute atomic E-state index is 12.1. The van der Waals surface area contributed by atoms with Gasteiger partial charge in [0.25, 0.3) is 5.69 Å². The third-order valence-corrected chi connectivity index (χ3v) is 8.00. The predicted octanol–water partition coefficient (Wildman–Crippen LogP) is 3.50. The number of rotatable bonds is 16. The summed E-state index contributed by atoms with van der Waals surface area (Å²) in [5, 5.41) is 27.1. The van der Waals surface area contributed by atoms with Gasteiger partial charge in [0.05, 0.1) is 17.0 Å². The molecule has 2 unspecified atom stereocenters. The van der Waals surface area contributed by atoms with Gasteiger partial charge < -0.3 is 26.2 Å². The Labute approximate surface area is 220 Å². The number of unbranched alkanes of at least 4 members (excludes halogenated alkanes) is 1. The molecule has 202 valence electrons. The van der Waals surface area contributed by atoms with Crippen LogP contribution in [0.2, 0.25) is 0 Å². The molecule has 0 aromatic heterocycles. The van der Waals surface area contributed by atoms with Crippen LogP contribution in [0.25, 0.3) is 10.4 Å². The van der Waals surface area contributed by atoms with Gasteiger partial charge in [0, 0.05) is 47.2 Å². The number of carbonyl (C=O) groups excluding carboxylic acids is 2. The molecule has 3 rings (SSSR count). The Bertz CT molecular complexity index is 1000. The molecule has 3 amide bonds. The van der Waals surface area contributed by atoms with Crippen LogP contribution in [-0.2, 0) is 4.79 Å². The van der Waals surface area contributed by atoms with Gasteiger partial charge in [-0.3, -0.25) is 14.9 Å². The number of nitrogens with zero attached hydrogens (tertiary/aromatic N) is 5. The van der Waals surface area contributed by atoms with Gasteiger partial charge in [-0.15, -0.1) is 0 Å². The molecule has 0 aliphatic carbocycles. The van der Waals surface area contributed by atoms with Crippen molar-refractivity contribution in [3.63, 3.8) is 0 Å². The number of azide groups is 1. The smallest absolute Gasteiger partial charge is 0.315 e. The average Bonchev–Trinajstić information content (AvgIpc) is 3.42. The van der Waals surface area contributed by atoms with Crippen molar-refractivity contribution >= 4 is 40.8 Å². The highest BCUT2D eigenvalue weighted by atomic mass is 32.2. The quantitative estimate of drug-likeness (QED) is 0.0477. The molecule has 1 aromatic carbocycles. The van der Waals surface area contributed by atoms with Gasteiger partial charge in [-0.05, 0) is 57.4 Å². The van der Waals surface area contributed by atoms with Gasteiger partial charge in [-0.2, -0.15) is 11.8 Å². The van der Waals surface area contributed by atoms with E-state index in [0.717, 1.165) is 50.9 Å². The normalized spacial score (nSPS) is 20.1. The lowest BCUT2D eigenvalue weighted by Crippen LogP contribution is -2.36. The summed E-state index contributed by atoms with van der Waals surface area (Å²) in [7, 11) is 2.01. The van der Waals surface area contributed by atoms with Crippen molar-refractivity contribution in [3.05, 3.63) is 38.8 Å². The molecule has 2 aliphatic rings. The van der Waals surface area contributed by atoms with Gasteiger partial charge in [0.2, 0.25) is 5.91 Å². The molecule has 0 saturated carbocycles. The number of urea groups is 1. The van der Waals surface area contributed by atoms with E-state index in [1.807, 2.05) is 18.8 Å². The SMILES string of the molecule is CN(CCCNC(=O)CCCC[C@@H]1SCC2NC(=O)NC21)CCCNc1ccc(N=[N+]=[N-])cc1[N+](=O)[O-]. The first-order valence-corrected chi connectivity index (χ1v) is 13.6. The van der Waals surface area contributed by atoms with E-state index in [0.29, 0.717) is 30.4 Å². The van der Waals surface area contributed by atoms with E-state index in [-0.39, 0.29) is 35.4 Å². The van der Waals surface area contributed by atoms with Gasteiger partial charge in [0.15, 0.2) is 0 Å². The molecule has 37 heavy (non-hydrogen) atoms. The van der Waals surface area contributed by atoms with Crippen molar-refractivity contribution in [3.8, 4) is 0 Å². The zero-order valence-electron chi connectivity index (χ0n) is 21.0.